The van der Waals surface area contributed by atoms with E-state index in [2.05, 4.69) is 6.58 Å². The Morgan fingerprint density at radius 1 is 1.62 bits per heavy atom. The zero-order chi connectivity index (χ0) is 10.0. The highest BCUT2D eigenvalue weighted by molar-refractivity contribution is 5.98. The predicted molar refractivity (Wildman–Crippen MR) is 52.3 cm³/mol. The van der Waals surface area contributed by atoms with Gasteiger partial charge in [0, 0.05) is 5.92 Å². The van der Waals surface area contributed by atoms with Crippen LogP contribution in [0, 0.1) is 5.92 Å². The van der Waals surface area contributed by atoms with Crippen molar-refractivity contribution in [2.45, 2.75) is 26.7 Å². The lowest BCUT2D eigenvalue weighted by atomic mass is 9.84. The minimum absolute atomic E-state index is 0.0290. The van der Waals surface area contributed by atoms with Crippen molar-refractivity contribution in [2.24, 2.45) is 5.92 Å². The third-order valence-electron chi connectivity index (χ3n) is 2.53. The molecule has 72 valence electrons. The average molecular weight is 180 g/mol. The standard InChI is InChI=1S/C11H16O2/c1-7(2)9-6-5-8(3)11(13-4)10(9)12/h9H,1,5-6H2,2-4H3. The van der Waals surface area contributed by atoms with Gasteiger partial charge in [0.1, 0.15) is 0 Å². The Balaban J connectivity index is 2.94. The normalized spacial score (nSPS) is 23.3. The van der Waals surface area contributed by atoms with Crippen LogP contribution in [0.25, 0.3) is 0 Å². The van der Waals surface area contributed by atoms with Gasteiger partial charge in [-0.1, -0.05) is 12.2 Å². The van der Waals surface area contributed by atoms with Crippen LogP contribution in [0.1, 0.15) is 26.7 Å². The number of methoxy groups -OCH3 is 1. The van der Waals surface area contributed by atoms with Crippen molar-refractivity contribution in [3.63, 3.8) is 0 Å². The zero-order valence-corrected chi connectivity index (χ0v) is 8.52. The fourth-order valence-corrected chi connectivity index (χ4v) is 1.72. The lowest BCUT2D eigenvalue weighted by Gasteiger charge is -2.23. The quantitative estimate of drug-likeness (QED) is 0.610. The first kappa shape index (κ1) is 10.0. The third kappa shape index (κ3) is 1.82. The molecule has 0 N–H and O–H groups in total. The number of carbonyl (C=O) groups is 1. The summed E-state index contributed by atoms with van der Waals surface area (Å²) in [6, 6.07) is 0. The van der Waals surface area contributed by atoms with Crippen molar-refractivity contribution in [3.05, 3.63) is 23.5 Å². The predicted octanol–water partition coefficient (Wildman–Crippen LogP) is 2.46. The summed E-state index contributed by atoms with van der Waals surface area (Å²) in [5.74, 6) is 0.608. The Morgan fingerprint density at radius 2 is 2.23 bits per heavy atom. The van der Waals surface area contributed by atoms with Gasteiger partial charge in [0.05, 0.1) is 7.11 Å². The Hall–Kier alpha value is -1.05. The van der Waals surface area contributed by atoms with E-state index in [-0.39, 0.29) is 11.7 Å². The van der Waals surface area contributed by atoms with Crippen LogP contribution < -0.4 is 0 Å². The fourth-order valence-electron chi connectivity index (χ4n) is 1.72. The first-order valence-electron chi connectivity index (χ1n) is 4.51. The molecule has 13 heavy (non-hydrogen) atoms. The monoisotopic (exact) mass is 180 g/mol. The van der Waals surface area contributed by atoms with Crippen LogP contribution in [0.2, 0.25) is 0 Å². The molecule has 0 aliphatic heterocycles. The van der Waals surface area contributed by atoms with E-state index in [0.717, 1.165) is 24.0 Å². The molecule has 0 bridgehead atoms. The number of hydrogen-bond donors (Lipinski definition) is 0. The zero-order valence-electron chi connectivity index (χ0n) is 8.52. The van der Waals surface area contributed by atoms with Gasteiger partial charge < -0.3 is 4.74 Å². The molecule has 1 rings (SSSR count). The van der Waals surface area contributed by atoms with Crippen molar-refractivity contribution in [1.82, 2.24) is 0 Å². The van der Waals surface area contributed by atoms with Gasteiger partial charge in [0.2, 0.25) is 5.78 Å². The van der Waals surface area contributed by atoms with Crippen molar-refractivity contribution in [1.29, 1.82) is 0 Å². The molecule has 0 fully saturated rings. The minimum Gasteiger partial charge on any atom is -0.493 e. The van der Waals surface area contributed by atoms with Gasteiger partial charge in [-0.3, -0.25) is 4.79 Å². The second-order valence-corrected chi connectivity index (χ2v) is 3.62. The van der Waals surface area contributed by atoms with E-state index in [9.17, 15) is 4.79 Å². The maximum atomic E-state index is 11.8. The van der Waals surface area contributed by atoms with E-state index in [0.29, 0.717) is 5.76 Å². The highest BCUT2D eigenvalue weighted by atomic mass is 16.5. The van der Waals surface area contributed by atoms with Crippen molar-refractivity contribution >= 4 is 5.78 Å². The molecule has 0 saturated carbocycles. The third-order valence-corrected chi connectivity index (χ3v) is 2.53. The second-order valence-electron chi connectivity index (χ2n) is 3.62. The Morgan fingerprint density at radius 3 is 2.69 bits per heavy atom. The summed E-state index contributed by atoms with van der Waals surface area (Å²) in [5, 5.41) is 0. The van der Waals surface area contributed by atoms with Crippen molar-refractivity contribution in [2.75, 3.05) is 7.11 Å². The molecule has 0 radical (unpaired) electrons. The number of ether oxygens (including phenoxy) is 1. The maximum absolute atomic E-state index is 11.8. The van der Waals surface area contributed by atoms with E-state index in [4.69, 9.17) is 4.74 Å². The number of rotatable bonds is 2. The molecular formula is C11H16O2. The van der Waals surface area contributed by atoms with Gasteiger partial charge in [0.15, 0.2) is 5.76 Å². The minimum atomic E-state index is -0.0290. The lowest BCUT2D eigenvalue weighted by Crippen LogP contribution is -2.23. The van der Waals surface area contributed by atoms with Gasteiger partial charge >= 0.3 is 0 Å². The lowest BCUT2D eigenvalue weighted by molar-refractivity contribution is -0.122. The van der Waals surface area contributed by atoms with Crippen LogP contribution in [-0.4, -0.2) is 12.9 Å². The summed E-state index contributed by atoms with van der Waals surface area (Å²) in [4.78, 5) is 11.8. The molecule has 0 aromatic rings. The molecule has 1 aliphatic rings. The van der Waals surface area contributed by atoms with Gasteiger partial charge in [0.25, 0.3) is 0 Å². The molecule has 0 amide bonds. The van der Waals surface area contributed by atoms with E-state index in [1.807, 2.05) is 13.8 Å². The number of Topliss-reactive ketones (excluding diaryl/α,β-unsaturated/α-hetero) is 1. The summed E-state index contributed by atoms with van der Waals surface area (Å²) in [6.07, 6.45) is 1.82. The summed E-state index contributed by atoms with van der Waals surface area (Å²) >= 11 is 0. The molecule has 2 nitrogen and oxygen atoms in total. The molecule has 0 heterocycles. The van der Waals surface area contributed by atoms with E-state index >= 15 is 0 Å². The first-order chi connectivity index (χ1) is 6.07. The molecule has 0 aromatic heterocycles. The summed E-state index contributed by atoms with van der Waals surface area (Å²) in [7, 11) is 1.55. The van der Waals surface area contributed by atoms with Gasteiger partial charge in [-0.05, 0) is 32.3 Å². The first-order valence-corrected chi connectivity index (χ1v) is 4.51. The Labute approximate surface area is 79.3 Å². The van der Waals surface area contributed by atoms with Crippen LogP contribution in [0.4, 0.5) is 0 Å². The van der Waals surface area contributed by atoms with E-state index < -0.39 is 0 Å². The summed E-state index contributed by atoms with van der Waals surface area (Å²) in [5.41, 5.74) is 2.00. The molecule has 2 heteroatoms. The molecular weight excluding hydrogens is 164 g/mol. The van der Waals surface area contributed by atoms with Crippen LogP contribution in [0.15, 0.2) is 23.5 Å². The summed E-state index contributed by atoms with van der Waals surface area (Å²) in [6.45, 7) is 7.67. The Kier molecular flexibility index (Phi) is 2.91. The SMILES string of the molecule is C=C(C)C1CCC(C)=C(OC)C1=O. The van der Waals surface area contributed by atoms with Crippen LogP contribution in [-0.2, 0) is 9.53 Å². The molecule has 0 aromatic carbocycles. The molecule has 1 atom stereocenters. The van der Waals surface area contributed by atoms with Crippen molar-refractivity contribution in [3.8, 4) is 0 Å². The van der Waals surface area contributed by atoms with Crippen LogP contribution in [0.5, 0.6) is 0 Å². The van der Waals surface area contributed by atoms with E-state index in [1.165, 1.54) is 0 Å². The topological polar surface area (TPSA) is 26.3 Å². The smallest absolute Gasteiger partial charge is 0.204 e. The average Bonchev–Trinajstić information content (AvgIpc) is 2.04. The van der Waals surface area contributed by atoms with Crippen LogP contribution in [0.3, 0.4) is 0 Å². The number of ketones is 1. The van der Waals surface area contributed by atoms with Crippen LogP contribution >= 0.6 is 0 Å². The molecule has 1 unspecified atom stereocenters. The largest absolute Gasteiger partial charge is 0.493 e. The second kappa shape index (κ2) is 3.77. The van der Waals surface area contributed by atoms with E-state index in [1.54, 1.807) is 7.11 Å². The molecule has 0 saturated heterocycles. The molecule has 1 aliphatic carbocycles. The fraction of sp³-hybridized carbons (Fsp3) is 0.545. The highest BCUT2D eigenvalue weighted by Gasteiger charge is 2.29. The number of hydrogen-bond acceptors (Lipinski definition) is 2. The summed E-state index contributed by atoms with van der Waals surface area (Å²) < 4.78 is 5.09. The Bertz CT molecular complexity index is 274. The number of carbonyl (C=O) groups excluding carboxylic acids is 1. The van der Waals surface area contributed by atoms with Crippen molar-refractivity contribution < 1.29 is 9.53 Å². The molecule has 0 spiro atoms. The van der Waals surface area contributed by atoms with Gasteiger partial charge in [-0.25, -0.2) is 0 Å². The van der Waals surface area contributed by atoms with Gasteiger partial charge in [-0.15, -0.1) is 0 Å². The number of allylic oxidation sites excluding steroid dienone is 3. The highest BCUT2D eigenvalue weighted by Crippen LogP contribution is 2.30. The maximum Gasteiger partial charge on any atom is 0.204 e. The van der Waals surface area contributed by atoms with Gasteiger partial charge in [-0.2, -0.15) is 0 Å².